The lowest BCUT2D eigenvalue weighted by Crippen LogP contribution is -2.41. The first-order valence-corrected chi connectivity index (χ1v) is 9.84. The SMILES string of the molecule is O=C(C[C@H]1OC[C@H]2CN(Cc3ccsc3)CC[C@H]21)NCC1CC1. The predicted molar refractivity (Wildman–Crippen MR) is 91.3 cm³/mol. The number of carbonyl (C=O) groups excluding carboxylic acids is 1. The number of carbonyl (C=O) groups is 1. The minimum atomic E-state index is 0.141. The van der Waals surface area contributed by atoms with Gasteiger partial charge in [-0.25, -0.2) is 0 Å². The van der Waals surface area contributed by atoms with Gasteiger partial charge in [-0.05, 0) is 60.0 Å². The highest BCUT2D eigenvalue weighted by Crippen LogP contribution is 2.36. The van der Waals surface area contributed by atoms with E-state index in [-0.39, 0.29) is 12.0 Å². The summed E-state index contributed by atoms with van der Waals surface area (Å²) < 4.78 is 5.99. The van der Waals surface area contributed by atoms with Gasteiger partial charge in [0.05, 0.1) is 19.1 Å². The number of rotatable bonds is 6. The summed E-state index contributed by atoms with van der Waals surface area (Å²) in [6.07, 6.45) is 4.42. The highest BCUT2D eigenvalue weighted by atomic mass is 32.1. The van der Waals surface area contributed by atoms with Crippen LogP contribution in [-0.4, -0.2) is 43.2 Å². The molecule has 3 heterocycles. The van der Waals surface area contributed by atoms with E-state index in [1.807, 2.05) is 0 Å². The molecule has 1 aliphatic carbocycles. The number of hydrogen-bond donors (Lipinski definition) is 1. The van der Waals surface area contributed by atoms with Crippen LogP contribution in [0.5, 0.6) is 0 Å². The van der Waals surface area contributed by atoms with Crippen LogP contribution in [-0.2, 0) is 16.1 Å². The van der Waals surface area contributed by atoms with Crippen molar-refractivity contribution in [3.05, 3.63) is 22.4 Å². The third kappa shape index (κ3) is 3.95. The van der Waals surface area contributed by atoms with Crippen molar-refractivity contribution >= 4 is 17.2 Å². The molecule has 1 aromatic rings. The summed E-state index contributed by atoms with van der Waals surface area (Å²) in [5.41, 5.74) is 1.42. The number of nitrogens with one attached hydrogen (secondary N) is 1. The third-order valence-corrected chi connectivity index (χ3v) is 6.27. The van der Waals surface area contributed by atoms with E-state index >= 15 is 0 Å². The lowest BCUT2D eigenvalue weighted by Gasteiger charge is -2.35. The van der Waals surface area contributed by atoms with Crippen molar-refractivity contribution in [2.75, 3.05) is 26.2 Å². The Hall–Kier alpha value is -0.910. The Kier molecular flexibility index (Phi) is 4.69. The Balaban J connectivity index is 1.25. The lowest BCUT2D eigenvalue weighted by atomic mass is 9.83. The maximum atomic E-state index is 12.1. The molecular formula is C18H26N2O2S. The number of amides is 1. The van der Waals surface area contributed by atoms with Gasteiger partial charge < -0.3 is 10.1 Å². The fraction of sp³-hybridized carbons (Fsp3) is 0.722. The van der Waals surface area contributed by atoms with Gasteiger partial charge in [-0.2, -0.15) is 11.3 Å². The fourth-order valence-electron chi connectivity index (χ4n) is 3.99. The van der Waals surface area contributed by atoms with Crippen LogP contribution in [0.3, 0.4) is 0 Å². The molecular weight excluding hydrogens is 308 g/mol. The Labute approximate surface area is 142 Å². The summed E-state index contributed by atoms with van der Waals surface area (Å²) in [4.78, 5) is 14.6. The molecule has 2 aliphatic heterocycles. The third-order valence-electron chi connectivity index (χ3n) is 5.54. The van der Waals surface area contributed by atoms with Crippen molar-refractivity contribution in [2.24, 2.45) is 17.8 Å². The minimum Gasteiger partial charge on any atom is -0.377 e. The molecule has 1 saturated carbocycles. The standard InChI is InChI=1S/C18H26N2O2S/c21-18(19-8-13-1-2-13)7-17-16-3-5-20(10-15(16)11-22-17)9-14-4-6-23-12-14/h4,6,12-13,15-17H,1-3,5,7-11H2,(H,19,21)/t15-,16-,17-/m1/s1. The van der Waals surface area contributed by atoms with Gasteiger partial charge in [0.1, 0.15) is 0 Å². The molecule has 126 valence electrons. The highest BCUT2D eigenvalue weighted by Gasteiger charge is 2.41. The number of ether oxygens (including phenoxy) is 1. The average molecular weight is 334 g/mol. The van der Waals surface area contributed by atoms with E-state index < -0.39 is 0 Å². The highest BCUT2D eigenvalue weighted by molar-refractivity contribution is 7.07. The molecule has 0 aromatic carbocycles. The van der Waals surface area contributed by atoms with Crippen molar-refractivity contribution in [3.63, 3.8) is 0 Å². The summed E-state index contributed by atoms with van der Waals surface area (Å²) in [6.45, 7) is 4.99. The van der Waals surface area contributed by atoms with Gasteiger partial charge in [0, 0.05) is 25.6 Å². The minimum absolute atomic E-state index is 0.141. The second-order valence-electron chi connectivity index (χ2n) is 7.40. The van der Waals surface area contributed by atoms with Crippen LogP contribution in [0.2, 0.25) is 0 Å². The van der Waals surface area contributed by atoms with Crippen LogP contribution in [0.15, 0.2) is 16.8 Å². The topological polar surface area (TPSA) is 41.6 Å². The van der Waals surface area contributed by atoms with Gasteiger partial charge in [-0.3, -0.25) is 9.69 Å². The average Bonchev–Trinajstić information content (AvgIpc) is 3.10. The molecule has 0 radical (unpaired) electrons. The maximum absolute atomic E-state index is 12.1. The van der Waals surface area contributed by atoms with Gasteiger partial charge in [0.25, 0.3) is 0 Å². The molecule has 0 spiro atoms. The zero-order valence-electron chi connectivity index (χ0n) is 13.6. The van der Waals surface area contributed by atoms with Gasteiger partial charge in [-0.15, -0.1) is 0 Å². The Morgan fingerprint density at radius 1 is 1.39 bits per heavy atom. The lowest BCUT2D eigenvalue weighted by molar-refractivity contribution is -0.123. The van der Waals surface area contributed by atoms with Crippen molar-refractivity contribution in [2.45, 2.75) is 38.3 Å². The monoisotopic (exact) mass is 334 g/mol. The Bertz CT molecular complexity index is 529. The molecule has 1 amide bonds. The molecule has 5 heteroatoms. The fourth-order valence-corrected chi connectivity index (χ4v) is 4.65. The number of likely N-dealkylation sites (tertiary alicyclic amines) is 1. The predicted octanol–water partition coefficient (Wildman–Crippen LogP) is 2.50. The zero-order valence-corrected chi connectivity index (χ0v) is 14.4. The molecule has 1 N–H and O–H groups in total. The van der Waals surface area contributed by atoms with Gasteiger partial charge in [0.15, 0.2) is 0 Å². The van der Waals surface area contributed by atoms with E-state index in [1.165, 1.54) is 18.4 Å². The quantitative estimate of drug-likeness (QED) is 0.869. The number of thiophene rings is 1. The Morgan fingerprint density at radius 3 is 3.09 bits per heavy atom. The van der Waals surface area contributed by atoms with Gasteiger partial charge in [0.2, 0.25) is 5.91 Å². The number of nitrogens with zero attached hydrogens (tertiary/aromatic N) is 1. The van der Waals surface area contributed by atoms with Gasteiger partial charge in [-0.1, -0.05) is 0 Å². The van der Waals surface area contributed by atoms with Crippen LogP contribution in [0.1, 0.15) is 31.2 Å². The van der Waals surface area contributed by atoms with E-state index in [1.54, 1.807) is 11.3 Å². The molecule has 4 rings (SSSR count). The first-order chi connectivity index (χ1) is 11.3. The van der Waals surface area contributed by atoms with Crippen LogP contribution in [0, 0.1) is 17.8 Å². The molecule has 0 bridgehead atoms. The zero-order chi connectivity index (χ0) is 15.6. The van der Waals surface area contributed by atoms with E-state index in [0.717, 1.165) is 45.1 Å². The first-order valence-electron chi connectivity index (χ1n) is 8.89. The van der Waals surface area contributed by atoms with E-state index in [2.05, 4.69) is 27.0 Å². The number of hydrogen-bond acceptors (Lipinski definition) is 4. The summed E-state index contributed by atoms with van der Waals surface area (Å²) in [7, 11) is 0. The van der Waals surface area contributed by atoms with Crippen LogP contribution in [0.4, 0.5) is 0 Å². The van der Waals surface area contributed by atoms with Crippen molar-refractivity contribution in [3.8, 4) is 0 Å². The Morgan fingerprint density at radius 2 is 2.30 bits per heavy atom. The molecule has 3 atom stereocenters. The first kappa shape index (κ1) is 15.6. The second-order valence-corrected chi connectivity index (χ2v) is 8.18. The summed E-state index contributed by atoms with van der Waals surface area (Å²) in [6, 6.07) is 2.22. The second kappa shape index (κ2) is 6.91. The molecule has 0 unspecified atom stereocenters. The number of fused-ring (bicyclic) bond motifs is 1. The molecule has 23 heavy (non-hydrogen) atoms. The molecule has 4 nitrogen and oxygen atoms in total. The molecule has 3 aliphatic rings. The van der Waals surface area contributed by atoms with E-state index in [9.17, 15) is 4.79 Å². The number of piperidine rings is 1. The molecule has 3 fully saturated rings. The van der Waals surface area contributed by atoms with E-state index in [0.29, 0.717) is 18.3 Å². The van der Waals surface area contributed by atoms with Crippen molar-refractivity contribution in [1.29, 1.82) is 0 Å². The smallest absolute Gasteiger partial charge is 0.222 e. The summed E-state index contributed by atoms with van der Waals surface area (Å²) in [5.74, 6) is 2.10. The normalized spacial score (nSPS) is 31.0. The summed E-state index contributed by atoms with van der Waals surface area (Å²) >= 11 is 1.77. The molecule has 1 aromatic heterocycles. The van der Waals surface area contributed by atoms with Crippen molar-refractivity contribution in [1.82, 2.24) is 10.2 Å². The van der Waals surface area contributed by atoms with E-state index in [4.69, 9.17) is 4.74 Å². The van der Waals surface area contributed by atoms with Crippen LogP contribution in [0.25, 0.3) is 0 Å². The van der Waals surface area contributed by atoms with Crippen LogP contribution < -0.4 is 5.32 Å². The summed E-state index contributed by atoms with van der Waals surface area (Å²) in [5, 5.41) is 7.47. The van der Waals surface area contributed by atoms with Crippen LogP contribution >= 0.6 is 11.3 Å². The maximum Gasteiger partial charge on any atom is 0.222 e. The molecule has 2 saturated heterocycles. The van der Waals surface area contributed by atoms with Gasteiger partial charge >= 0.3 is 0 Å². The van der Waals surface area contributed by atoms with Crippen molar-refractivity contribution < 1.29 is 9.53 Å². The largest absolute Gasteiger partial charge is 0.377 e.